The standard InChI is InChI=1S/C14H19ClF3NO/c1-13(2,3)11-7-10(9-15)8-12(19-11)20-6-4-5-14(16,17)18/h7-8H,4-6,9H2,1-3H3. The minimum absolute atomic E-state index is 0.0121. The number of hydrogen-bond acceptors (Lipinski definition) is 2. The number of alkyl halides is 4. The van der Waals surface area contributed by atoms with Gasteiger partial charge < -0.3 is 4.74 Å². The predicted octanol–water partition coefficient (Wildman–Crippen LogP) is 4.84. The predicted molar refractivity (Wildman–Crippen MR) is 73.3 cm³/mol. The summed E-state index contributed by atoms with van der Waals surface area (Å²) in [4.78, 5) is 4.32. The van der Waals surface area contributed by atoms with Crippen LogP contribution in [0, 0.1) is 0 Å². The molecule has 0 bridgehead atoms. The Morgan fingerprint density at radius 3 is 2.35 bits per heavy atom. The number of pyridine rings is 1. The van der Waals surface area contributed by atoms with E-state index in [1.807, 2.05) is 26.8 Å². The highest BCUT2D eigenvalue weighted by atomic mass is 35.5. The van der Waals surface area contributed by atoms with Gasteiger partial charge in [0.05, 0.1) is 12.3 Å². The fourth-order valence-electron chi connectivity index (χ4n) is 1.54. The second-order valence-electron chi connectivity index (χ2n) is 5.65. The van der Waals surface area contributed by atoms with E-state index in [4.69, 9.17) is 16.3 Å². The molecule has 114 valence electrons. The molecule has 1 rings (SSSR count). The van der Waals surface area contributed by atoms with Gasteiger partial charge in [0.1, 0.15) is 0 Å². The maximum absolute atomic E-state index is 12.0. The Balaban J connectivity index is 2.70. The molecule has 1 heterocycles. The maximum atomic E-state index is 12.0. The zero-order chi connectivity index (χ0) is 15.4. The molecular weight excluding hydrogens is 291 g/mol. The van der Waals surface area contributed by atoms with Crippen molar-refractivity contribution >= 4 is 11.6 Å². The van der Waals surface area contributed by atoms with E-state index < -0.39 is 12.6 Å². The van der Waals surface area contributed by atoms with Gasteiger partial charge in [-0.15, -0.1) is 11.6 Å². The van der Waals surface area contributed by atoms with Crippen LogP contribution in [-0.4, -0.2) is 17.8 Å². The molecule has 0 saturated carbocycles. The van der Waals surface area contributed by atoms with Crippen LogP contribution in [0.1, 0.15) is 44.9 Å². The number of nitrogens with zero attached hydrogens (tertiary/aromatic N) is 1. The average molecular weight is 310 g/mol. The van der Waals surface area contributed by atoms with Crippen LogP contribution >= 0.6 is 11.6 Å². The highest BCUT2D eigenvalue weighted by Gasteiger charge is 2.26. The number of rotatable bonds is 5. The SMILES string of the molecule is CC(C)(C)c1cc(CCl)cc(OCCCC(F)(F)F)n1. The Bertz CT molecular complexity index is 441. The molecule has 6 heteroatoms. The smallest absolute Gasteiger partial charge is 0.389 e. The fraction of sp³-hybridized carbons (Fsp3) is 0.643. The van der Waals surface area contributed by atoms with E-state index in [0.29, 0.717) is 11.8 Å². The van der Waals surface area contributed by atoms with Crippen LogP contribution in [-0.2, 0) is 11.3 Å². The van der Waals surface area contributed by atoms with Crippen molar-refractivity contribution in [2.24, 2.45) is 0 Å². The Kier molecular flexibility index (Phi) is 5.68. The first-order valence-electron chi connectivity index (χ1n) is 6.39. The third-order valence-corrected chi connectivity index (χ3v) is 2.95. The molecule has 0 aliphatic carbocycles. The molecule has 20 heavy (non-hydrogen) atoms. The molecular formula is C14H19ClF3NO. The quantitative estimate of drug-likeness (QED) is 0.573. The second kappa shape index (κ2) is 6.66. The van der Waals surface area contributed by atoms with Crippen molar-refractivity contribution in [1.82, 2.24) is 4.98 Å². The summed E-state index contributed by atoms with van der Waals surface area (Å²) in [6.07, 6.45) is -5.08. The summed E-state index contributed by atoms with van der Waals surface area (Å²) in [6, 6.07) is 3.55. The van der Waals surface area contributed by atoms with Crippen LogP contribution in [0.2, 0.25) is 0 Å². The van der Waals surface area contributed by atoms with E-state index in [1.54, 1.807) is 6.07 Å². The average Bonchev–Trinajstić information content (AvgIpc) is 2.32. The molecule has 0 atom stereocenters. The second-order valence-corrected chi connectivity index (χ2v) is 5.92. The summed E-state index contributed by atoms with van der Waals surface area (Å²) in [5.74, 6) is 0.639. The molecule has 0 radical (unpaired) electrons. The number of ether oxygens (including phenoxy) is 1. The maximum Gasteiger partial charge on any atom is 0.389 e. The third-order valence-electron chi connectivity index (χ3n) is 2.64. The molecule has 0 fully saturated rings. The van der Waals surface area contributed by atoms with Gasteiger partial charge in [-0.05, 0) is 18.1 Å². The molecule has 0 spiro atoms. The minimum Gasteiger partial charge on any atom is -0.478 e. The number of aromatic nitrogens is 1. The van der Waals surface area contributed by atoms with Crippen molar-refractivity contribution in [2.45, 2.75) is 51.1 Å². The van der Waals surface area contributed by atoms with Crippen LogP contribution in [0.4, 0.5) is 13.2 Å². The van der Waals surface area contributed by atoms with E-state index >= 15 is 0 Å². The Morgan fingerprint density at radius 1 is 1.20 bits per heavy atom. The van der Waals surface area contributed by atoms with Gasteiger partial charge in [-0.1, -0.05) is 20.8 Å². The largest absolute Gasteiger partial charge is 0.478 e. The van der Waals surface area contributed by atoms with Gasteiger partial charge >= 0.3 is 6.18 Å². The van der Waals surface area contributed by atoms with Gasteiger partial charge in [0.25, 0.3) is 0 Å². The Hall–Kier alpha value is -0.970. The zero-order valence-electron chi connectivity index (χ0n) is 11.9. The van der Waals surface area contributed by atoms with Crippen molar-refractivity contribution in [3.63, 3.8) is 0 Å². The van der Waals surface area contributed by atoms with Gasteiger partial charge in [-0.3, -0.25) is 0 Å². The van der Waals surface area contributed by atoms with Crippen molar-refractivity contribution in [2.75, 3.05) is 6.61 Å². The summed E-state index contributed by atoms with van der Waals surface area (Å²) in [5, 5.41) is 0. The number of hydrogen-bond donors (Lipinski definition) is 0. The summed E-state index contributed by atoms with van der Waals surface area (Å²) >= 11 is 5.81. The van der Waals surface area contributed by atoms with Gasteiger partial charge in [0, 0.05) is 23.8 Å². The Morgan fingerprint density at radius 2 is 1.85 bits per heavy atom. The lowest BCUT2D eigenvalue weighted by molar-refractivity contribution is -0.136. The fourth-order valence-corrected chi connectivity index (χ4v) is 1.70. The van der Waals surface area contributed by atoms with Crippen LogP contribution < -0.4 is 4.74 Å². The summed E-state index contributed by atoms with van der Waals surface area (Å²) < 4.78 is 41.4. The zero-order valence-corrected chi connectivity index (χ0v) is 12.6. The summed E-state index contributed by atoms with van der Waals surface area (Å²) in [6.45, 7) is 5.99. The normalized spacial score (nSPS) is 12.6. The molecule has 0 aliphatic rings. The first-order chi connectivity index (χ1) is 9.12. The lowest BCUT2D eigenvalue weighted by atomic mass is 9.91. The van der Waals surface area contributed by atoms with Crippen molar-refractivity contribution in [3.05, 3.63) is 23.4 Å². The first kappa shape index (κ1) is 17.1. The van der Waals surface area contributed by atoms with Gasteiger partial charge in [-0.2, -0.15) is 13.2 Å². The summed E-state index contributed by atoms with van der Waals surface area (Å²) in [7, 11) is 0. The van der Waals surface area contributed by atoms with Crippen LogP contribution in [0.25, 0.3) is 0 Å². The third kappa shape index (κ3) is 5.99. The minimum atomic E-state index is -4.15. The van der Waals surface area contributed by atoms with Gasteiger partial charge in [0.2, 0.25) is 5.88 Å². The molecule has 0 aromatic carbocycles. The molecule has 1 aromatic heterocycles. The molecule has 2 nitrogen and oxygen atoms in total. The monoisotopic (exact) mass is 309 g/mol. The lowest BCUT2D eigenvalue weighted by Crippen LogP contribution is -2.15. The first-order valence-corrected chi connectivity index (χ1v) is 6.92. The van der Waals surface area contributed by atoms with Crippen molar-refractivity contribution in [3.8, 4) is 5.88 Å². The molecule has 0 aliphatic heterocycles. The highest BCUT2D eigenvalue weighted by molar-refractivity contribution is 6.17. The highest BCUT2D eigenvalue weighted by Crippen LogP contribution is 2.25. The van der Waals surface area contributed by atoms with E-state index in [-0.39, 0.29) is 18.4 Å². The van der Waals surface area contributed by atoms with E-state index in [0.717, 1.165) is 11.3 Å². The van der Waals surface area contributed by atoms with Gasteiger partial charge in [-0.25, -0.2) is 4.98 Å². The van der Waals surface area contributed by atoms with Crippen LogP contribution in [0.15, 0.2) is 12.1 Å². The van der Waals surface area contributed by atoms with E-state index in [1.165, 1.54) is 0 Å². The van der Waals surface area contributed by atoms with Crippen LogP contribution in [0.3, 0.4) is 0 Å². The molecule has 0 saturated heterocycles. The topological polar surface area (TPSA) is 22.1 Å². The lowest BCUT2D eigenvalue weighted by Gasteiger charge is -2.19. The number of halogens is 4. The molecule has 0 unspecified atom stereocenters. The van der Waals surface area contributed by atoms with Crippen LogP contribution in [0.5, 0.6) is 5.88 Å². The van der Waals surface area contributed by atoms with E-state index in [9.17, 15) is 13.2 Å². The summed E-state index contributed by atoms with van der Waals surface area (Å²) in [5.41, 5.74) is 1.48. The van der Waals surface area contributed by atoms with E-state index in [2.05, 4.69) is 4.98 Å². The van der Waals surface area contributed by atoms with Crippen molar-refractivity contribution in [1.29, 1.82) is 0 Å². The van der Waals surface area contributed by atoms with Crippen molar-refractivity contribution < 1.29 is 17.9 Å². The molecule has 0 amide bonds. The molecule has 1 aromatic rings. The molecule has 0 N–H and O–H groups in total. The Labute approximate surface area is 122 Å². The van der Waals surface area contributed by atoms with Gasteiger partial charge in [0.15, 0.2) is 0 Å².